The predicted octanol–water partition coefficient (Wildman–Crippen LogP) is 3.34. The number of aryl methyl sites for hydroxylation is 1. The van der Waals surface area contributed by atoms with Gasteiger partial charge in [-0.2, -0.15) is 0 Å². The molecular formula is C22H20BNO2. The van der Waals surface area contributed by atoms with E-state index in [-0.39, 0.29) is 6.61 Å². The lowest BCUT2D eigenvalue weighted by molar-refractivity contribution is 0.0945. The molecule has 4 aromatic rings. The van der Waals surface area contributed by atoms with Gasteiger partial charge in [-0.3, -0.25) is 0 Å². The normalized spacial score (nSPS) is 12.5. The van der Waals surface area contributed by atoms with Crippen molar-refractivity contribution in [1.29, 1.82) is 0 Å². The highest BCUT2D eigenvalue weighted by molar-refractivity contribution is 6.33. The quantitative estimate of drug-likeness (QED) is 0.565. The molecule has 1 heterocycles. The number of hydrogen-bond donors (Lipinski definition) is 1. The minimum absolute atomic E-state index is 0.242. The van der Waals surface area contributed by atoms with Crippen LogP contribution in [0.1, 0.15) is 5.56 Å². The number of fused-ring (bicyclic) bond motifs is 3. The van der Waals surface area contributed by atoms with Crippen molar-refractivity contribution in [2.75, 3.05) is 6.61 Å². The molecule has 0 aliphatic rings. The number of benzene rings is 3. The van der Waals surface area contributed by atoms with E-state index in [0.717, 1.165) is 33.0 Å². The number of ether oxygens (including phenoxy) is 1. The van der Waals surface area contributed by atoms with E-state index in [4.69, 9.17) is 12.6 Å². The van der Waals surface area contributed by atoms with Gasteiger partial charge >= 0.3 is 0 Å². The van der Waals surface area contributed by atoms with Crippen molar-refractivity contribution in [3.63, 3.8) is 0 Å². The molecule has 3 nitrogen and oxygen atoms in total. The third-order valence-electron chi connectivity index (χ3n) is 4.62. The van der Waals surface area contributed by atoms with Gasteiger partial charge in [0.2, 0.25) is 0 Å². The number of aliphatic hydroxyl groups excluding tert-OH is 1. The minimum Gasteiger partial charge on any atom is -0.491 e. The summed E-state index contributed by atoms with van der Waals surface area (Å²) in [7, 11) is 6.00. The first-order valence-corrected chi connectivity index (χ1v) is 8.76. The maximum atomic E-state index is 10.5. The van der Waals surface area contributed by atoms with E-state index in [2.05, 4.69) is 29.7 Å². The fourth-order valence-electron chi connectivity index (χ4n) is 3.40. The summed E-state index contributed by atoms with van der Waals surface area (Å²) in [6, 6.07) is 21.8. The lowest BCUT2D eigenvalue weighted by Crippen LogP contribution is -2.23. The Kier molecular flexibility index (Phi) is 4.43. The Morgan fingerprint density at radius 2 is 1.65 bits per heavy atom. The number of para-hydroxylation sites is 1. The summed E-state index contributed by atoms with van der Waals surface area (Å²) in [5.74, 6) is 0.761. The Balaban J connectivity index is 1.66. The van der Waals surface area contributed by atoms with Crippen LogP contribution in [0.25, 0.3) is 21.8 Å². The van der Waals surface area contributed by atoms with Gasteiger partial charge in [-0.05, 0) is 37.3 Å². The Hall–Kier alpha value is -2.72. The molecule has 0 fully saturated rings. The van der Waals surface area contributed by atoms with Crippen molar-refractivity contribution >= 4 is 35.1 Å². The summed E-state index contributed by atoms with van der Waals surface area (Å²) in [5.41, 5.74) is 4.10. The van der Waals surface area contributed by atoms with Gasteiger partial charge in [-0.15, -0.1) is 0 Å². The Morgan fingerprint density at radius 3 is 2.42 bits per heavy atom. The van der Waals surface area contributed by atoms with Gasteiger partial charge < -0.3 is 14.4 Å². The predicted molar refractivity (Wildman–Crippen MR) is 108 cm³/mol. The molecule has 4 rings (SSSR count). The molecule has 1 aromatic heterocycles. The van der Waals surface area contributed by atoms with Crippen LogP contribution in [0.2, 0.25) is 0 Å². The number of rotatable bonds is 5. The number of aromatic nitrogens is 1. The molecule has 0 bridgehead atoms. The van der Waals surface area contributed by atoms with Crippen LogP contribution >= 0.6 is 0 Å². The van der Waals surface area contributed by atoms with Gasteiger partial charge in [0.05, 0.1) is 6.54 Å². The molecule has 0 aliphatic heterocycles. The van der Waals surface area contributed by atoms with Crippen molar-refractivity contribution in [3.05, 3.63) is 72.3 Å². The highest BCUT2D eigenvalue weighted by Gasteiger charge is 2.14. The van der Waals surface area contributed by atoms with Gasteiger partial charge in [0, 0.05) is 21.8 Å². The molecule has 3 aromatic carbocycles. The molecule has 0 amide bonds. The van der Waals surface area contributed by atoms with Crippen molar-refractivity contribution in [2.24, 2.45) is 0 Å². The number of nitrogens with zero attached hydrogens (tertiary/aromatic N) is 1. The van der Waals surface area contributed by atoms with Gasteiger partial charge in [0.15, 0.2) is 0 Å². The van der Waals surface area contributed by atoms with Crippen molar-refractivity contribution in [3.8, 4) is 5.75 Å². The molecule has 1 atom stereocenters. The van der Waals surface area contributed by atoms with Crippen molar-refractivity contribution in [1.82, 2.24) is 4.57 Å². The molecule has 4 heteroatoms. The fourth-order valence-corrected chi connectivity index (χ4v) is 3.40. The zero-order valence-electron chi connectivity index (χ0n) is 14.7. The van der Waals surface area contributed by atoms with Crippen LogP contribution in [-0.2, 0) is 6.54 Å². The number of aliphatic hydroxyl groups is 1. The first-order chi connectivity index (χ1) is 12.6. The van der Waals surface area contributed by atoms with Gasteiger partial charge in [-0.1, -0.05) is 47.4 Å². The molecule has 26 heavy (non-hydrogen) atoms. The summed E-state index contributed by atoms with van der Waals surface area (Å²) in [4.78, 5) is 0. The second-order valence-corrected chi connectivity index (χ2v) is 6.69. The van der Waals surface area contributed by atoms with Gasteiger partial charge in [0.25, 0.3) is 0 Å². The van der Waals surface area contributed by atoms with Crippen LogP contribution < -0.4 is 10.2 Å². The summed E-state index contributed by atoms with van der Waals surface area (Å²) >= 11 is 0. The molecule has 1 N–H and O–H groups in total. The third kappa shape index (κ3) is 3.20. The maximum Gasteiger partial charge on any atom is 0.119 e. The Bertz CT molecular complexity index is 997. The highest BCUT2D eigenvalue weighted by Crippen LogP contribution is 2.29. The van der Waals surface area contributed by atoms with E-state index in [1.54, 1.807) is 0 Å². The van der Waals surface area contributed by atoms with E-state index in [1.165, 1.54) is 5.56 Å². The molecule has 0 spiro atoms. The molecule has 128 valence electrons. The maximum absolute atomic E-state index is 10.5. The van der Waals surface area contributed by atoms with Crippen LogP contribution in [0, 0.1) is 6.92 Å². The lowest BCUT2D eigenvalue weighted by Gasteiger charge is -2.15. The first-order valence-electron chi connectivity index (χ1n) is 8.76. The Labute approximate surface area is 154 Å². The van der Waals surface area contributed by atoms with Crippen LogP contribution in [0.15, 0.2) is 66.7 Å². The highest BCUT2D eigenvalue weighted by atomic mass is 16.5. The Morgan fingerprint density at radius 1 is 0.962 bits per heavy atom. The number of hydrogen-bond acceptors (Lipinski definition) is 2. The molecular weight excluding hydrogens is 321 g/mol. The van der Waals surface area contributed by atoms with E-state index in [9.17, 15) is 5.11 Å². The van der Waals surface area contributed by atoms with E-state index < -0.39 is 6.10 Å². The van der Waals surface area contributed by atoms with Crippen molar-refractivity contribution < 1.29 is 9.84 Å². The second-order valence-electron chi connectivity index (χ2n) is 6.69. The molecule has 0 saturated heterocycles. The molecule has 0 saturated carbocycles. The second kappa shape index (κ2) is 6.89. The van der Waals surface area contributed by atoms with E-state index in [0.29, 0.717) is 6.54 Å². The average molecular weight is 341 g/mol. The fraction of sp³-hybridized carbons (Fsp3) is 0.182. The summed E-state index contributed by atoms with van der Waals surface area (Å²) in [5, 5.41) is 12.8. The average Bonchev–Trinajstić information content (AvgIpc) is 2.93. The monoisotopic (exact) mass is 341 g/mol. The van der Waals surface area contributed by atoms with Crippen LogP contribution in [0.4, 0.5) is 0 Å². The van der Waals surface area contributed by atoms with E-state index >= 15 is 0 Å². The van der Waals surface area contributed by atoms with Crippen molar-refractivity contribution in [2.45, 2.75) is 19.6 Å². The topological polar surface area (TPSA) is 34.4 Å². The van der Waals surface area contributed by atoms with Crippen LogP contribution in [-0.4, -0.2) is 30.2 Å². The van der Waals surface area contributed by atoms with Crippen LogP contribution in [0.5, 0.6) is 5.75 Å². The zero-order chi connectivity index (χ0) is 18.1. The zero-order valence-corrected chi connectivity index (χ0v) is 14.7. The molecule has 1 unspecified atom stereocenters. The minimum atomic E-state index is -0.618. The summed E-state index contributed by atoms with van der Waals surface area (Å²) < 4.78 is 7.84. The van der Waals surface area contributed by atoms with Crippen LogP contribution in [0.3, 0.4) is 0 Å². The van der Waals surface area contributed by atoms with E-state index in [1.807, 2.05) is 48.5 Å². The molecule has 2 radical (unpaired) electrons. The summed E-state index contributed by atoms with van der Waals surface area (Å²) in [6.07, 6.45) is -0.618. The standard InChI is InChI=1S/C22H20BNO2/c1-15-7-9-21-19(11-15)20-12-16(23)8-10-22(20)24(21)13-17(25)14-26-18-5-3-2-4-6-18/h2-12,17,25H,13-14H2,1H3. The molecule has 0 aliphatic carbocycles. The third-order valence-corrected chi connectivity index (χ3v) is 4.62. The SMILES string of the molecule is [B]c1ccc2c(c1)c1cc(C)ccc1n2CC(O)COc1ccccc1. The van der Waals surface area contributed by atoms with Gasteiger partial charge in [0.1, 0.15) is 26.3 Å². The first kappa shape index (κ1) is 16.7. The summed E-state index contributed by atoms with van der Waals surface area (Å²) in [6.45, 7) is 2.78. The lowest BCUT2D eigenvalue weighted by atomic mass is 9.94. The van der Waals surface area contributed by atoms with Gasteiger partial charge in [-0.25, -0.2) is 0 Å². The smallest absolute Gasteiger partial charge is 0.119 e. The largest absolute Gasteiger partial charge is 0.491 e.